The van der Waals surface area contributed by atoms with Gasteiger partial charge in [0.2, 0.25) is 0 Å². The summed E-state index contributed by atoms with van der Waals surface area (Å²) in [5, 5.41) is 0. The van der Waals surface area contributed by atoms with Crippen LogP contribution < -0.4 is 4.52 Å². The van der Waals surface area contributed by atoms with Crippen LogP contribution in [0.3, 0.4) is 0 Å². The third-order valence-electron chi connectivity index (χ3n) is 2.52. The lowest BCUT2D eigenvalue weighted by Gasteiger charge is -2.11. The number of aromatic nitrogens is 1. The van der Waals surface area contributed by atoms with Crippen molar-refractivity contribution in [3.63, 3.8) is 0 Å². The Morgan fingerprint density at radius 3 is 3.00 bits per heavy atom. The molecule has 1 atom stereocenters. The molecule has 3 rings (SSSR count). The Balaban J connectivity index is 2.14. The molecule has 4 heteroatoms. The molecule has 2 heterocycles. The van der Waals surface area contributed by atoms with E-state index in [1.165, 1.54) is 0 Å². The largest absolute Gasteiger partial charge is 0.431 e. The molecule has 2 aromatic rings. The first-order chi connectivity index (χ1) is 7.34. The molecule has 1 aliphatic heterocycles. The number of rotatable bonds is 0. The van der Waals surface area contributed by atoms with Crippen LogP contribution in [0.4, 0.5) is 0 Å². The molecular weight excluding hydrogens is 209 g/mol. The molecule has 1 N–H and O–H groups in total. The highest BCUT2D eigenvalue weighted by molar-refractivity contribution is 7.44. The van der Waals surface area contributed by atoms with E-state index in [1.807, 2.05) is 42.6 Å². The molecule has 3 nitrogen and oxygen atoms in total. The smallest absolute Gasteiger partial charge is 0.354 e. The van der Waals surface area contributed by atoms with Gasteiger partial charge in [-0.05, 0) is 18.2 Å². The molecule has 0 amide bonds. The minimum absolute atomic E-state index is 0.787. The van der Waals surface area contributed by atoms with Gasteiger partial charge >= 0.3 is 8.53 Å². The number of benzene rings is 1. The second-order valence-electron chi connectivity index (χ2n) is 3.47. The topological polar surface area (TPSA) is 34.4 Å². The Hall–Kier alpha value is -1.31. The molecule has 15 heavy (non-hydrogen) atoms. The summed E-state index contributed by atoms with van der Waals surface area (Å²) in [7, 11) is -1.57. The summed E-state index contributed by atoms with van der Waals surface area (Å²) >= 11 is 0. The first-order valence-corrected chi connectivity index (χ1v) is 5.92. The van der Waals surface area contributed by atoms with Gasteiger partial charge in [0, 0.05) is 23.9 Å². The highest BCUT2D eigenvalue weighted by Crippen LogP contribution is 2.42. The lowest BCUT2D eigenvalue weighted by atomic mass is 10.1. The van der Waals surface area contributed by atoms with Gasteiger partial charge in [-0.1, -0.05) is 18.2 Å². The van der Waals surface area contributed by atoms with E-state index in [0.29, 0.717) is 0 Å². The monoisotopic (exact) mass is 219 g/mol. The van der Waals surface area contributed by atoms with E-state index in [4.69, 9.17) is 4.52 Å². The molecule has 0 radical (unpaired) electrons. The summed E-state index contributed by atoms with van der Waals surface area (Å²) in [6.07, 6.45) is 2.66. The van der Waals surface area contributed by atoms with Crippen LogP contribution in [0.25, 0.3) is 0 Å². The Kier molecular flexibility index (Phi) is 2.01. The Morgan fingerprint density at radius 1 is 1.20 bits per heavy atom. The van der Waals surface area contributed by atoms with E-state index < -0.39 is 8.53 Å². The molecule has 1 unspecified atom stereocenters. The van der Waals surface area contributed by atoms with E-state index >= 15 is 0 Å². The summed E-state index contributed by atoms with van der Waals surface area (Å²) in [5.41, 5.74) is 2.21. The fraction of sp³-hybridized carbons (Fsp3) is 0.0909. The number of hydrogen-bond acceptors (Lipinski definition) is 2. The fourth-order valence-electron chi connectivity index (χ4n) is 1.78. The van der Waals surface area contributed by atoms with Crippen molar-refractivity contribution in [3.05, 3.63) is 53.9 Å². The van der Waals surface area contributed by atoms with Crippen molar-refractivity contribution in [3.8, 4) is 5.75 Å². The van der Waals surface area contributed by atoms with Crippen molar-refractivity contribution in [2.24, 2.45) is 0 Å². The molecule has 1 aromatic heterocycles. The van der Waals surface area contributed by atoms with Gasteiger partial charge in [0.25, 0.3) is 0 Å². The predicted octanol–water partition coefficient (Wildman–Crippen LogP) is 2.54. The zero-order chi connectivity index (χ0) is 10.3. The van der Waals surface area contributed by atoms with Crippen LogP contribution in [0, 0.1) is 0 Å². The first kappa shape index (κ1) is 8.96. The normalized spacial score (nSPS) is 18.6. The van der Waals surface area contributed by atoms with Crippen molar-refractivity contribution in [1.82, 2.24) is 4.34 Å². The zero-order valence-electron chi connectivity index (χ0n) is 8.00. The Labute approximate surface area is 88.9 Å². The third-order valence-corrected chi connectivity index (χ3v) is 3.64. The molecule has 0 fully saturated rings. The highest BCUT2D eigenvalue weighted by atomic mass is 31.2. The third kappa shape index (κ3) is 1.44. The van der Waals surface area contributed by atoms with Crippen molar-refractivity contribution < 1.29 is 9.42 Å². The maximum Gasteiger partial charge on any atom is 0.354 e. The van der Waals surface area contributed by atoms with Crippen LogP contribution in [-0.4, -0.2) is 9.23 Å². The second-order valence-corrected chi connectivity index (χ2v) is 4.59. The van der Waals surface area contributed by atoms with Crippen molar-refractivity contribution in [2.45, 2.75) is 6.42 Å². The van der Waals surface area contributed by atoms with Crippen LogP contribution in [0.2, 0.25) is 0 Å². The number of hydrogen-bond donors (Lipinski definition) is 1. The lowest BCUT2D eigenvalue weighted by molar-refractivity contribution is 0.476. The number of para-hydroxylation sites is 1. The zero-order valence-corrected chi connectivity index (χ0v) is 8.89. The van der Waals surface area contributed by atoms with Gasteiger partial charge in [-0.15, -0.1) is 0 Å². The van der Waals surface area contributed by atoms with Gasteiger partial charge in [-0.25, -0.2) is 0 Å². The van der Waals surface area contributed by atoms with E-state index in [0.717, 1.165) is 23.4 Å². The Bertz CT molecular complexity index is 495. The summed E-state index contributed by atoms with van der Waals surface area (Å²) < 4.78 is 7.33. The van der Waals surface area contributed by atoms with Crippen LogP contribution >= 0.6 is 8.53 Å². The molecule has 0 aliphatic carbocycles. The van der Waals surface area contributed by atoms with Gasteiger partial charge in [0.15, 0.2) is 0 Å². The maximum atomic E-state index is 9.88. The average Bonchev–Trinajstić information content (AvgIpc) is 2.64. The molecule has 0 saturated heterocycles. The van der Waals surface area contributed by atoms with Crippen molar-refractivity contribution in [1.29, 1.82) is 0 Å². The van der Waals surface area contributed by atoms with Gasteiger partial charge in [0.05, 0.1) is 0 Å². The summed E-state index contributed by atoms with van der Waals surface area (Å²) in [6, 6.07) is 11.8. The maximum absolute atomic E-state index is 9.88. The molecule has 1 aliphatic rings. The van der Waals surface area contributed by atoms with Gasteiger partial charge in [0.1, 0.15) is 5.75 Å². The standard InChI is InChI=1S/C11H10NO2P/c13-15-12-7-3-5-10(12)8-9-4-1-2-6-11(9)14-15/h1-7,13H,8H2. The summed E-state index contributed by atoms with van der Waals surface area (Å²) in [4.78, 5) is 9.88. The van der Waals surface area contributed by atoms with Gasteiger partial charge < -0.3 is 9.42 Å². The van der Waals surface area contributed by atoms with Crippen LogP contribution in [0.15, 0.2) is 42.6 Å². The number of nitrogens with zero attached hydrogens (tertiary/aromatic N) is 1. The minimum Gasteiger partial charge on any atom is -0.431 e. The van der Waals surface area contributed by atoms with Gasteiger partial charge in [-0.3, -0.25) is 4.34 Å². The molecule has 0 bridgehead atoms. The van der Waals surface area contributed by atoms with Crippen molar-refractivity contribution >= 4 is 8.53 Å². The summed E-state index contributed by atoms with van der Waals surface area (Å²) in [5.74, 6) is 0.787. The molecule has 1 aromatic carbocycles. The molecule has 76 valence electrons. The average molecular weight is 219 g/mol. The van der Waals surface area contributed by atoms with Gasteiger partial charge in [-0.2, -0.15) is 0 Å². The molecule has 0 spiro atoms. The minimum atomic E-state index is -1.57. The van der Waals surface area contributed by atoms with Crippen molar-refractivity contribution in [2.75, 3.05) is 0 Å². The van der Waals surface area contributed by atoms with E-state index in [-0.39, 0.29) is 0 Å². The van der Waals surface area contributed by atoms with E-state index in [9.17, 15) is 4.89 Å². The first-order valence-electron chi connectivity index (χ1n) is 4.76. The Morgan fingerprint density at radius 2 is 2.07 bits per heavy atom. The van der Waals surface area contributed by atoms with Crippen LogP contribution in [0.1, 0.15) is 11.3 Å². The van der Waals surface area contributed by atoms with E-state index in [2.05, 4.69) is 0 Å². The summed E-state index contributed by atoms with van der Waals surface area (Å²) in [6.45, 7) is 0. The van der Waals surface area contributed by atoms with Crippen LogP contribution in [-0.2, 0) is 6.42 Å². The fourth-order valence-corrected chi connectivity index (χ4v) is 2.77. The molecule has 0 saturated carbocycles. The van der Waals surface area contributed by atoms with Crippen LogP contribution in [0.5, 0.6) is 5.75 Å². The quantitative estimate of drug-likeness (QED) is 0.691. The second kappa shape index (κ2) is 3.37. The SMILES string of the molecule is OP1Oc2ccccc2Cc2cccn21. The van der Waals surface area contributed by atoms with E-state index in [1.54, 1.807) is 4.34 Å². The predicted molar refractivity (Wildman–Crippen MR) is 58.8 cm³/mol. The number of fused-ring (bicyclic) bond motifs is 2. The lowest BCUT2D eigenvalue weighted by Crippen LogP contribution is -1.96. The highest BCUT2D eigenvalue weighted by Gasteiger charge is 2.20. The molecular formula is C11H10NO2P.